The van der Waals surface area contributed by atoms with Gasteiger partial charge >= 0.3 is 5.97 Å². The smallest absolute Gasteiger partial charge is 0.341 e. The van der Waals surface area contributed by atoms with Crippen molar-refractivity contribution in [3.63, 3.8) is 0 Å². The van der Waals surface area contributed by atoms with Gasteiger partial charge in [-0.15, -0.1) is 0 Å². The number of nitrogens with zero attached hydrogens (tertiary/aromatic N) is 3. The lowest BCUT2D eigenvalue weighted by Gasteiger charge is -2.33. The summed E-state index contributed by atoms with van der Waals surface area (Å²) >= 11 is 0. The SMILES string of the molecule is CCCN(CCN1CCn2cc(C(=O)O)c(=O)c(O)c2C1=O)c1cccc(C)c1. The van der Waals surface area contributed by atoms with Crippen LogP contribution in [-0.2, 0) is 6.54 Å². The second-order valence-corrected chi connectivity index (χ2v) is 7.19. The fourth-order valence-corrected chi connectivity index (χ4v) is 3.60. The standard InChI is InChI=1S/C21H25N3O5/c1-3-7-22(15-6-4-5-14(2)12-15)8-9-23-10-11-24-13-16(21(28)29)18(25)19(26)17(24)20(23)27/h4-6,12-13,26H,3,7-11H2,1-2H3,(H,28,29). The van der Waals surface area contributed by atoms with Crippen molar-refractivity contribution in [1.82, 2.24) is 9.47 Å². The molecular weight excluding hydrogens is 374 g/mol. The molecule has 0 saturated heterocycles. The number of anilines is 1. The first-order valence-electron chi connectivity index (χ1n) is 9.64. The quantitative estimate of drug-likeness (QED) is 0.738. The van der Waals surface area contributed by atoms with E-state index in [0.717, 1.165) is 30.4 Å². The van der Waals surface area contributed by atoms with Gasteiger partial charge in [-0.1, -0.05) is 19.1 Å². The average molecular weight is 399 g/mol. The third kappa shape index (κ3) is 4.11. The van der Waals surface area contributed by atoms with E-state index in [-0.39, 0.29) is 5.69 Å². The van der Waals surface area contributed by atoms with Gasteiger partial charge in [-0.2, -0.15) is 0 Å². The summed E-state index contributed by atoms with van der Waals surface area (Å²) in [5.74, 6) is -2.70. The summed E-state index contributed by atoms with van der Waals surface area (Å²) in [6.07, 6.45) is 2.09. The number of fused-ring (bicyclic) bond motifs is 1. The van der Waals surface area contributed by atoms with Crippen LogP contribution in [0.4, 0.5) is 5.69 Å². The minimum Gasteiger partial charge on any atom is -0.503 e. The summed E-state index contributed by atoms with van der Waals surface area (Å²) in [4.78, 5) is 39.9. The molecular formula is C21H25N3O5. The van der Waals surface area contributed by atoms with Crippen molar-refractivity contribution in [2.24, 2.45) is 0 Å². The largest absolute Gasteiger partial charge is 0.503 e. The first-order valence-corrected chi connectivity index (χ1v) is 9.64. The lowest BCUT2D eigenvalue weighted by molar-refractivity contribution is 0.0673. The molecule has 0 atom stereocenters. The van der Waals surface area contributed by atoms with Crippen LogP contribution in [0.1, 0.15) is 39.8 Å². The highest BCUT2D eigenvalue weighted by Gasteiger charge is 2.30. The highest BCUT2D eigenvalue weighted by atomic mass is 16.4. The molecule has 29 heavy (non-hydrogen) atoms. The Morgan fingerprint density at radius 3 is 2.62 bits per heavy atom. The van der Waals surface area contributed by atoms with Gasteiger partial charge in [0.25, 0.3) is 5.91 Å². The molecule has 8 nitrogen and oxygen atoms in total. The van der Waals surface area contributed by atoms with E-state index in [1.54, 1.807) is 4.90 Å². The predicted octanol–water partition coefficient (Wildman–Crippen LogP) is 1.93. The van der Waals surface area contributed by atoms with Crippen LogP contribution in [0.3, 0.4) is 0 Å². The molecule has 0 aliphatic carbocycles. The van der Waals surface area contributed by atoms with Crippen LogP contribution in [-0.4, -0.2) is 57.7 Å². The van der Waals surface area contributed by atoms with Gasteiger partial charge in [-0.3, -0.25) is 9.59 Å². The molecule has 1 aliphatic rings. The number of rotatable bonds is 7. The van der Waals surface area contributed by atoms with Gasteiger partial charge in [-0.05, 0) is 31.0 Å². The zero-order chi connectivity index (χ0) is 21.1. The topological polar surface area (TPSA) is 103 Å². The lowest BCUT2D eigenvalue weighted by atomic mass is 10.1. The molecule has 3 rings (SSSR count). The number of aromatic carboxylic acids is 1. The summed E-state index contributed by atoms with van der Waals surface area (Å²) in [7, 11) is 0. The maximum atomic E-state index is 12.9. The van der Waals surface area contributed by atoms with Gasteiger partial charge in [0.2, 0.25) is 5.43 Å². The van der Waals surface area contributed by atoms with Gasteiger partial charge in [0, 0.05) is 44.6 Å². The van der Waals surface area contributed by atoms with Crippen molar-refractivity contribution in [1.29, 1.82) is 0 Å². The molecule has 2 N–H and O–H groups in total. The number of benzene rings is 1. The zero-order valence-corrected chi connectivity index (χ0v) is 16.6. The van der Waals surface area contributed by atoms with Crippen LogP contribution in [0.15, 0.2) is 35.3 Å². The summed E-state index contributed by atoms with van der Waals surface area (Å²) in [5, 5.41) is 19.3. The Balaban J connectivity index is 1.80. The molecule has 0 radical (unpaired) electrons. The fraction of sp³-hybridized carbons (Fsp3) is 0.381. The molecule has 1 amide bonds. The molecule has 1 aliphatic heterocycles. The number of carbonyl (C=O) groups excluding carboxylic acids is 1. The first-order chi connectivity index (χ1) is 13.8. The number of carbonyl (C=O) groups is 2. The maximum Gasteiger partial charge on any atom is 0.341 e. The van der Waals surface area contributed by atoms with E-state index in [0.29, 0.717) is 26.2 Å². The Morgan fingerprint density at radius 2 is 1.97 bits per heavy atom. The first kappa shape index (κ1) is 20.4. The maximum absolute atomic E-state index is 12.9. The van der Waals surface area contributed by atoms with Crippen LogP contribution in [0.5, 0.6) is 5.75 Å². The van der Waals surface area contributed by atoms with Crippen molar-refractivity contribution in [2.45, 2.75) is 26.8 Å². The van der Waals surface area contributed by atoms with Crippen LogP contribution >= 0.6 is 0 Å². The summed E-state index contributed by atoms with van der Waals surface area (Å²) in [6, 6.07) is 8.17. The Bertz CT molecular complexity index is 998. The van der Waals surface area contributed by atoms with Crippen molar-refractivity contribution in [3.8, 4) is 5.75 Å². The normalized spacial score (nSPS) is 13.3. The Kier molecular flexibility index (Phi) is 5.91. The molecule has 0 bridgehead atoms. The Hall–Kier alpha value is -3.29. The molecule has 2 aromatic rings. The summed E-state index contributed by atoms with van der Waals surface area (Å²) in [6.45, 7) is 6.70. The minimum absolute atomic E-state index is 0.149. The second kappa shape index (κ2) is 8.38. The molecule has 0 unspecified atom stereocenters. The second-order valence-electron chi connectivity index (χ2n) is 7.19. The highest BCUT2D eigenvalue weighted by Crippen LogP contribution is 2.21. The molecule has 154 valence electrons. The van der Waals surface area contributed by atoms with Crippen LogP contribution in [0.2, 0.25) is 0 Å². The number of aryl methyl sites for hydroxylation is 1. The number of hydrogen-bond donors (Lipinski definition) is 2. The van der Waals surface area contributed by atoms with Crippen molar-refractivity contribution in [2.75, 3.05) is 31.1 Å². The van der Waals surface area contributed by atoms with E-state index in [1.807, 2.05) is 25.1 Å². The number of amides is 1. The number of aromatic hydroxyl groups is 1. The fourth-order valence-electron chi connectivity index (χ4n) is 3.60. The van der Waals surface area contributed by atoms with Gasteiger partial charge in [0.15, 0.2) is 11.4 Å². The van der Waals surface area contributed by atoms with E-state index in [2.05, 4.69) is 17.9 Å². The van der Waals surface area contributed by atoms with Crippen molar-refractivity contribution >= 4 is 17.6 Å². The Morgan fingerprint density at radius 1 is 1.21 bits per heavy atom. The van der Waals surface area contributed by atoms with E-state index in [9.17, 15) is 19.5 Å². The number of pyridine rings is 1. The van der Waals surface area contributed by atoms with Crippen LogP contribution in [0, 0.1) is 6.92 Å². The van der Waals surface area contributed by atoms with Crippen LogP contribution in [0.25, 0.3) is 0 Å². The summed E-state index contributed by atoms with van der Waals surface area (Å²) in [5.41, 5.74) is 0.517. The minimum atomic E-state index is -1.43. The zero-order valence-electron chi connectivity index (χ0n) is 16.6. The molecule has 1 aromatic heterocycles. The van der Waals surface area contributed by atoms with Crippen molar-refractivity contribution < 1.29 is 19.8 Å². The van der Waals surface area contributed by atoms with E-state index in [1.165, 1.54) is 4.57 Å². The molecule has 0 fully saturated rings. The van der Waals surface area contributed by atoms with Crippen LogP contribution < -0.4 is 10.3 Å². The third-order valence-electron chi connectivity index (χ3n) is 5.09. The van der Waals surface area contributed by atoms with Gasteiger partial charge in [0.05, 0.1) is 0 Å². The number of carboxylic acid groups (broad SMARTS) is 1. The molecule has 0 saturated carbocycles. The van der Waals surface area contributed by atoms with E-state index >= 15 is 0 Å². The van der Waals surface area contributed by atoms with Gasteiger partial charge in [0.1, 0.15) is 5.56 Å². The molecule has 2 heterocycles. The van der Waals surface area contributed by atoms with Crippen molar-refractivity contribution in [3.05, 3.63) is 57.5 Å². The number of carboxylic acids is 1. The molecule has 8 heteroatoms. The number of aromatic nitrogens is 1. The lowest BCUT2D eigenvalue weighted by Crippen LogP contribution is -2.45. The van der Waals surface area contributed by atoms with Gasteiger partial charge in [-0.25, -0.2) is 4.79 Å². The monoisotopic (exact) mass is 399 g/mol. The molecule has 0 spiro atoms. The third-order valence-corrected chi connectivity index (χ3v) is 5.09. The highest BCUT2D eigenvalue weighted by molar-refractivity contribution is 5.97. The predicted molar refractivity (Wildman–Crippen MR) is 109 cm³/mol. The average Bonchev–Trinajstić information content (AvgIpc) is 2.68. The van der Waals surface area contributed by atoms with E-state index in [4.69, 9.17) is 5.11 Å². The van der Waals surface area contributed by atoms with E-state index < -0.39 is 28.6 Å². The molecule has 1 aromatic carbocycles. The Labute approximate surface area is 168 Å². The number of hydrogen-bond acceptors (Lipinski definition) is 5. The van der Waals surface area contributed by atoms with Gasteiger partial charge < -0.3 is 24.6 Å². The summed E-state index contributed by atoms with van der Waals surface area (Å²) < 4.78 is 1.35.